The van der Waals surface area contributed by atoms with Gasteiger partial charge in [0.15, 0.2) is 0 Å². The Bertz CT molecular complexity index is 499. The first kappa shape index (κ1) is 18.0. The van der Waals surface area contributed by atoms with Crippen LogP contribution in [0.1, 0.15) is 43.5 Å². The van der Waals surface area contributed by atoms with Gasteiger partial charge in [-0.05, 0) is 25.7 Å². The summed E-state index contributed by atoms with van der Waals surface area (Å²) in [6.45, 7) is 2.52. The average Bonchev–Trinajstić information content (AvgIpc) is 3.01. The summed E-state index contributed by atoms with van der Waals surface area (Å²) < 4.78 is 37.9. The van der Waals surface area contributed by atoms with Gasteiger partial charge in [0.05, 0.1) is 10.9 Å². The van der Waals surface area contributed by atoms with Crippen molar-refractivity contribution >= 4 is 17.4 Å². The molecule has 0 aliphatic heterocycles. The zero-order valence-corrected chi connectivity index (χ0v) is 14.1. The molecule has 1 N–H and O–H groups in total. The normalized spacial score (nSPS) is 23.3. The van der Waals surface area contributed by atoms with Crippen LogP contribution in [0.5, 0.6) is 0 Å². The third kappa shape index (κ3) is 5.09. The summed E-state index contributed by atoms with van der Waals surface area (Å²) in [4.78, 5) is 18.0. The van der Waals surface area contributed by atoms with Gasteiger partial charge in [0.1, 0.15) is 0 Å². The average molecular weight is 349 g/mol. The molecule has 0 aromatic carbocycles. The van der Waals surface area contributed by atoms with Gasteiger partial charge in [-0.1, -0.05) is 6.92 Å². The number of nitrogens with zero attached hydrogens (tertiary/aromatic N) is 2. The second kappa shape index (κ2) is 7.51. The zero-order chi connectivity index (χ0) is 17.0. The van der Waals surface area contributed by atoms with Gasteiger partial charge in [-0.25, -0.2) is 9.78 Å². The second-order valence-corrected chi connectivity index (χ2v) is 7.12. The first-order valence-corrected chi connectivity index (χ1v) is 8.63. The number of likely N-dealkylation sites (N-methyl/N-ethyl adjacent to an activating group) is 1. The van der Waals surface area contributed by atoms with E-state index in [1.807, 2.05) is 12.3 Å². The summed E-state index contributed by atoms with van der Waals surface area (Å²) in [6.07, 6.45) is -1.44. The minimum absolute atomic E-state index is 0.0910. The molecule has 1 aromatic rings. The molecule has 4 nitrogen and oxygen atoms in total. The van der Waals surface area contributed by atoms with Gasteiger partial charge >= 0.3 is 12.2 Å². The van der Waals surface area contributed by atoms with Gasteiger partial charge in [0, 0.05) is 37.1 Å². The third-order valence-electron chi connectivity index (χ3n) is 4.29. The molecule has 1 aliphatic rings. The molecule has 1 aromatic heterocycles. The highest BCUT2D eigenvalue weighted by Gasteiger charge is 2.41. The van der Waals surface area contributed by atoms with E-state index in [1.165, 1.54) is 0 Å². The summed E-state index contributed by atoms with van der Waals surface area (Å²) in [5.41, 5.74) is 0. The Morgan fingerprint density at radius 1 is 1.43 bits per heavy atom. The van der Waals surface area contributed by atoms with Crippen molar-refractivity contribution in [3.63, 3.8) is 0 Å². The van der Waals surface area contributed by atoms with Crippen LogP contribution >= 0.6 is 11.3 Å². The molecule has 2 amide bonds. The van der Waals surface area contributed by atoms with E-state index >= 15 is 0 Å². The molecule has 1 heterocycles. The van der Waals surface area contributed by atoms with Crippen molar-refractivity contribution < 1.29 is 18.0 Å². The third-order valence-corrected chi connectivity index (χ3v) is 5.29. The maximum Gasteiger partial charge on any atom is 0.391 e. The van der Waals surface area contributed by atoms with E-state index in [0.717, 1.165) is 5.01 Å². The fourth-order valence-electron chi connectivity index (χ4n) is 2.90. The number of thiazole rings is 1. The molecular formula is C15H22F3N3OS. The standard InChI is InChI=1S/C15H22F3N3OS/c1-10(13-19-7-8-23-13)9-21(2)14(22)20-12-5-3-11(4-6-12)15(16,17)18/h7-8,10-12H,3-6,9H2,1-2H3,(H,20,22)/t10-,11?,12?/m1/s1. The van der Waals surface area contributed by atoms with Crippen LogP contribution in [-0.2, 0) is 0 Å². The number of hydrogen-bond donors (Lipinski definition) is 1. The molecule has 1 atom stereocenters. The van der Waals surface area contributed by atoms with Crippen LogP contribution < -0.4 is 5.32 Å². The molecule has 1 saturated carbocycles. The number of amides is 2. The topological polar surface area (TPSA) is 45.2 Å². The van der Waals surface area contributed by atoms with E-state index in [0.29, 0.717) is 19.4 Å². The Morgan fingerprint density at radius 3 is 2.61 bits per heavy atom. The maximum absolute atomic E-state index is 12.6. The first-order chi connectivity index (χ1) is 10.8. The SMILES string of the molecule is C[C@H](CN(C)C(=O)NC1CCC(C(F)(F)F)CC1)c1nccs1. The summed E-state index contributed by atoms with van der Waals surface area (Å²) in [6, 6.07) is -0.400. The number of alkyl halides is 3. The molecule has 0 saturated heterocycles. The minimum atomic E-state index is -4.12. The lowest BCUT2D eigenvalue weighted by atomic mass is 9.85. The van der Waals surface area contributed by atoms with E-state index in [-0.39, 0.29) is 30.8 Å². The molecule has 8 heteroatoms. The van der Waals surface area contributed by atoms with Gasteiger partial charge in [0.25, 0.3) is 0 Å². The summed E-state index contributed by atoms with van der Waals surface area (Å²) in [7, 11) is 1.70. The van der Waals surface area contributed by atoms with Crippen LogP contribution in [-0.4, -0.2) is 41.7 Å². The van der Waals surface area contributed by atoms with E-state index in [2.05, 4.69) is 10.3 Å². The van der Waals surface area contributed by atoms with Crippen molar-refractivity contribution in [3.8, 4) is 0 Å². The maximum atomic E-state index is 12.6. The van der Waals surface area contributed by atoms with Crippen LogP contribution in [0.3, 0.4) is 0 Å². The van der Waals surface area contributed by atoms with Crippen molar-refractivity contribution in [2.24, 2.45) is 5.92 Å². The Kier molecular flexibility index (Phi) is 5.89. The summed E-state index contributed by atoms with van der Waals surface area (Å²) in [5.74, 6) is -1.09. The number of carbonyl (C=O) groups is 1. The number of aromatic nitrogens is 1. The van der Waals surface area contributed by atoms with Gasteiger partial charge < -0.3 is 10.2 Å². The molecular weight excluding hydrogens is 327 g/mol. The number of urea groups is 1. The molecule has 0 unspecified atom stereocenters. The van der Waals surface area contributed by atoms with Gasteiger partial charge in [-0.3, -0.25) is 0 Å². The lowest BCUT2D eigenvalue weighted by molar-refractivity contribution is -0.182. The van der Waals surface area contributed by atoms with Crippen molar-refractivity contribution in [2.45, 2.75) is 50.7 Å². The number of hydrogen-bond acceptors (Lipinski definition) is 3. The van der Waals surface area contributed by atoms with Crippen molar-refractivity contribution in [1.82, 2.24) is 15.2 Å². The molecule has 1 fully saturated rings. The molecule has 0 radical (unpaired) electrons. The Labute approximate surface area is 138 Å². The Hall–Kier alpha value is -1.31. The largest absolute Gasteiger partial charge is 0.391 e. The van der Waals surface area contributed by atoms with Crippen LogP contribution in [0.4, 0.5) is 18.0 Å². The minimum Gasteiger partial charge on any atom is -0.335 e. The Morgan fingerprint density at radius 2 is 2.09 bits per heavy atom. The van der Waals surface area contributed by atoms with E-state index in [4.69, 9.17) is 0 Å². The van der Waals surface area contributed by atoms with Crippen LogP contribution in [0.15, 0.2) is 11.6 Å². The molecule has 1 aliphatic carbocycles. The lowest BCUT2D eigenvalue weighted by Gasteiger charge is -2.31. The van der Waals surface area contributed by atoms with Crippen LogP contribution in [0, 0.1) is 5.92 Å². The highest BCUT2D eigenvalue weighted by molar-refractivity contribution is 7.09. The van der Waals surface area contributed by atoms with Gasteiger partial charge in [-0.2, -0.15) is 13.2 Å². The molecule has 0 spiro atoms. The number of nitrogens with one attached hydrogen (secondary N) is 1. The molecule has 0 bridgehead atoms. The number of carbonyl (C=O) groups excluding carboxylic acids is 1. The summed E-state index contributed by atoms with van der Waals surface area (Å²) >= 11 is 1.55. The monoisotopic (exact) mass is 349 g/mol. The zero-order valence-electron chi connectivity index (χ0n) is 13.3. The Balaban J connectivity index is 1.76. The highest BCUT2D eigenvalue weighted by atomic mass is 32.1. The second-order valence-electron chi connectivity index (χ2n) is 6.19. The highest BCUT2D eigenvalue weighted by Crippen LogP contribution is 2.37. The van der Waals surface area contributed by atoms with E-state index in [1.54, 1.807) is 29.5 Å². The smallest absolute Gasteiger partial charge is 0.335 e. The summed E-state index contributed by atoms with van der Waals surface area (Å²) in [5, 5.41) is 5.71. The van der Waals surface area contributed by atoms with Gasteiger partial charge in [0.2, 0.25) is 0 Å². The predicted octanol–water partition coefficient (Wildman–Crippen LogP) is 4.01. The van der Waals surface area contributed by atoms with E-state index < -0.39 is 12.1 Å². The quantitative estimate of drug-likeness (QED) is 0.893. The number of halogens is 3. The van der Waals surface area contributed by atoms with Crippen LogP contribution in [0.2, 0.25) is 0 Å². The fraction of sp³-hybridized carbons (Fsp3) is 0.733. The van der Waals surface area contributed by atoms with Crippen molar-refractivity contribution in [2.75, 3.05) is 13.6 Å². The van der Waals surface area contributed by atoms with Crippen molar-refractivity contribution in [1.29, 1.82) is 0 Å². The predicted molar refractivity (Wildman–Crippen MR) is 83.5 cm³/mol. The fourth-order valence-corrected chi connectivity index (χ4v) is 3.59. The lowest BCUT2D eigenvalue weighted by Crippen LogP contribution is -2.46. The molecule has 130 valence electrons. The van der Waals surface area contributed by atoms with Crippen LogP contribution in [0.25, 0.3) is 0 Å². The molecule has 2 rings (SSSR count). The molecule has 23 heavy (non-hydrogen) atoms. The van der Waals surface area contributed by atoms with Gasteiger partial charge in [-0.15, -0.1) is 11.3 Å². The number of rotatable bonds is 4. The van der Waals surface area contributed by atoms with Crippen molar-refractivity contribution in [3.05, 3.63) is 16.6 Å². The first-order valence-electron chi connectivity index (χ1n) is 7.75. The van der Waals surface area contributed by atoms with E-state index in [9.17, 15) is 18.0 Å².